The maximum atomic E-state index is 13.6. The Balaban J connectivity index is 0.00000353. The lowest BCUT2D eigenvalue weighted by Gasteiger charge is -2.31. The first-order valence-electron chi connectivity index (χ1n) is 13.3. The summed E-state index contributed by atoms with van der Waals surface area (Å²) in [6.07, 6.45) is 0.795. The molecule has 2 heterocycles. The van der Waals surface area contributed by atoms with Crippen molar-refractivity contribution < 1.29 is 14.3 Å². The number of ether oxygens (including phenoxy) is 2. The number of nitrogens with one attached hydrogen (secondary N) is 2. The second kappa shape index (κ2) is 14.0. The highest BCUT2D eigenvalue weighted by Gasteiger charge is 2.22. The highest BCUT2D eigenvalue weighted by Crippen LogP contribution is 2.34. The standard InChI is InChI=1S/C31H36N4O3.ClH/c1-24(21-34-18-15-32-16-19-34)22-35(31(36)33-27-12-13-29-30(20-27)38-23-37-29)17-14-28(25-8-4-2-5-9-25)26-10-6-3-7-11-26;/h2-13,20,28,32H,1,14-19,21-23H2,(H,33,36);1H. The van der Waals surface area contributed by atoms with Gasteiger partial charge in [0.2, 0.25) is 6.79 Å². The summed E-state index contributed by atoms with van der Waals surface area (Å²) in [5.41, 5.74) is 4.20. The lowest BCUT2D eigenvalue weighted by atomic mass is 9.88. The van der Waals surface area contributed by atoms with Gasteiger partial charge in [-0.2, -0.15) is 0 Å². The maximum absolute atomic E-state index is 13.6. The fraction of sp³-hybridized carbons (Fsp3) is 0.323. The van der Waals surface area contributed by atoms with Crippen LogP contribution < -0.4 is 20.1 Å². The molecule has 0 saturated carbocycles. The van der Waals surface area contributed by atoms with Crippen molar-refractivity contribution >= 4 is 24.1 Å². The zero-order chi connectivity index (χ0) is 26.2. The molecule has 0 spiro atoms. The first-order chi connectivity index (χ1) is 18.7. The molecule has 2 aliphatic heterocycles. The van der Waals surface area contributed by atoms with E-state index < -0.39 is 0 Å². The Kier molecular flexibility index (Phi) is 10.3. The number of piperazine rings is 1. The van der Waals surface area contributed by atoms with E-state index in [1.165, 1.54) is 11.1 Å². The molecule has 0 atom stereocenters. The van der Waals surface area contributed by atoms with Crippen LogP contribution in [0, 0.1) is 0 Å². The average Bonchev–Trinajstić information content (AvgIpc) is 3.42. The van der Waals surface area contributed by atoms with Crippen LogP contribution in [0.4, 0.5) is 10.5 Å². The summed E-state index contributed by atoms with van der Waals surface area (Å²) in [6, 6.07) is 26.4. The smallest absolute Gasteiger partial charge is 0.322 e. The van der Waals surface area contributed by atoms with E-state index in [1.54, 1.807) is 0 Å². The quantitative estimate of drug-likeness (QED) is 0.334. The predicted octanol–water partition coefficient (Wildman–Crippen LogP) is 5.35. The number of amides is 2. The van der Waals surface area contributed by atoms with Gasteiger partial charge in [-0.1, -0.05) is 67.2 Å². The largest absolute Gasteiger partial charge is 0.454 e. The van der Waals surface area contributed by atoms with Crippen molar-refractivity contribution in [1.82, 2.24) is 15.1 Å². The van der Waals surface area contributed by atoms with E-state index in [4.69, 9.17) is 9.47 Å². The first kappa shape index (κ1) is 28.5. The van der Waals surface area contributed by atoms with Gasteiger partial charge in [0.25, 0.3) is 0 Å². The molecule has 1 fully saturated rings. The fourth-order valence-corrected chi connectivity index (χ4v) is 5.12. The number of carbonyl (C=O) groups excluding carboxylic acids is 1. The molecule has 0 aromatic heterocycles. The van der Waals surface area contributed by atoms with E-state index in [2.05, 4.69) is 70.6 Å². The number of fused-ring (bicyclic) bond motifs is 1. The van der Waals surface area contributed by atoms with Crippen LogP contribution in [0.2, 0.25) is 0 Å². The molecule has 2 amide bonds. The van der Waals surface area contributed by atoms with E-state index in [1.807, 2.05) is 35.2 Å². The summed E-state index contributed by atoms with van der Waals surface area (Å²) in [7, 11) is 0. The van der Waals surface area contributed by atoms with Crippen LogP contribution in [-0.2, 0) is 0 Å². The summed E-state index contributed by atoms with van der Waals surface area (Å²) < 4.78 is 10.9. The van der Waals surface area contributed by atoms with Crippen molar-refractivity contribution in [1.29, 1.82) is 0 Å². The monoisotopic (exact) mass is 548 g/mol. The first-order valence-corrected chi connectivity index (χ1v) is 13.3. The third kappa shape index (κ3) is 7.76. The Morgan fingerprint density at radius 2 is 1.59 bits per heavy atom. The number of urea groups is 1. The van der Waals surface area contributed by atoms with Gasteiger partial charge in [-0.15, -0.1) is 12.4 Å². The van der Waals surface area contributed by atoms with Gasteiger partial charge in [-0.05, 0) is 35.3 Å². The van der Waals surface area contributed by atoms with Gasteiger partial charge in [0.15, 0.2) is 11.5 Å². The van der Waals surface area contributed by atoms with Gasteiger partial charge in [-0.3, -0.25) is 4.90 Å². The molecule has 206 valence electrons. The molecular weight excluding hydrogens is 512 g/mol. The van der Waals surface area contributed by atoms with E-state index in [0.717, 1.165) is 44.7 Å². The topological polar surface area (TPSA) is 66.1 Å². The summed E-state index contributed by atoms with van der Waals surface area (Å²) in [6.45, 7) is 10.4. The van der Waals surface area contributed by atoms with Crippen molar-refractivity contribution in [2.75, 3.05) is 57.9 Å². The minimum atomic E-state index is -0.148. The van der Waals surface area contributed by atoms with Crippen LogP contribution in [-0.4, -0.2) is 68.4 Å². The van der Waals surface area contributed by atoms with Gasteiger partial charge in [-0.25, -0.2) is 4.79 Å². The molecule has 0 unspecified atom stereocenters. The van der Waals surface area contributed by atoms with Crippen molar-refractivity contribution in [3.05, 3.63) is 102 Å². The summed E-state index contributed by atoms with van der Waals surface area (Å²) >= 11 is 0. The van der Waals surface area contributed by atoms with E-state index >= 15 is 0 Å². The number of carbonyl (C=O) groups is 1. The Hall–Kier alpha value is -3.52. The van der Waals surface area contributed by atoms with Crippen LogP contribution in [0.25, 0.3) is 0 Å². The molecule has 5 rings (SSSR count). The molecule has 7 nitrogen and oxygen atoms in total. The predicted molar refractivity (Wildman–Crippen MR) is 158 cm³/mol. The highest BCUT2D eigenvalue weighted by atomic mass is 35.5. The van der Waals surface area contributed by atoms with Crippen molar-refractivity contribution in [2.45, 2.75) is 12.3 Å². The van der Waals surface area contributed by atoms with Gasteiger partial charge >= 0.3 is 6.03 Å². The molecule has 8 heteroatoms. The second-order valence-corrected chi connectivity index (χ2v) is 9.86. The SMILES string of the molecule is C=C(CN1CCNCC1)CN(CCC(c1ccccc1)c1ccccc1)C(=O)Nc1ccc2c(c1)OCO2.Cl. The molecule has 3 aromatic rings. The van der Waals surface area contributed by atoms with Gasteiger partial charge in [0.05, 0.1) is 0 Å². The third-order valence-electron chi connectivity index (χ3n) is 7.07. The van der Waals surface area contributed by atoms with Gasteiger partial charge in [0.1, 0.15) is 0 Å². The zero-order valence-electron chi connectivity index (χ0n) is 22.2. The Morgan fingerprint density at radius 3 is 2.26 bits per heavy atom. The van der Waals surface area contributed by atoms with E-state index in [0.29, 0.717) is 30.3 Å². The Bertz CT molecular complexity index is 1180. The number of benzene rings is 3. The molecule has 2 N–H and O–H groups in total. The van der Waals surface area contributed by atoms with Gasteiger partial charge < -0.3 is 25.0 Å². The third-order valence-corrected chi connectivity index (χ3v) is 7.07. The summed E-state index contributed by atoms with van der Waals surface area (Å²) in [5.74, 6) is 1.52. The number of hydrogen-bond donors (Lipinski definition) is 2. The minimum absolute atomic E-state index is 0. The van der Waals surface area contributed by atoms with Gasteiger partial charge in [0, 0.05) is 63.5 Å². The number of nitrogens with zero attached hydrogens (tertiary/aromatic N) is 2. The fourth-order valence-electron chi connectivity index (χ4n) is 5.12. The molecule has 1 saturated heterocycles. The van der Waals surface area contributed by atoms with Crippen LogP contribution >= 0.6 is 12.4 Å². The number of hydrogen-bond acceptors (Lipinski definition) is 5. The van der Waals surface area contributed by atoms with E-state index in [-0.39, 0.29) is 31.1 Å². The minimum Gasteiger partial charge on any atom is -0.454 e. The maximum Gasteiger partial charge on any atom is 0.322 e. The van der Waals surface area contributed by atoms with E-state index in [9.17, 15) is 4.79 Å². The molecule has 3 aromatic carbocycles. The zero-order valence-corrected chi connectivity index (χ0v) is 23.0. The second-order valence-electron chi connectivity index (χ2n) is 9.86. The molecular formula is C31H37ClN4O3. The van der Waals surface area contributed by atoms with Crippen molar-refractivity contribution in [2.24, 2.45) is 0 Å². The normalized spacial score (nSPS) is 14.5. The lowest BCUT2D eigenvalue weighted by molar-refractivity contribution is 0.174. The van der Waals surface area contributed by atoms with Crippen LogP contribution in [0.3, 0.4) is 0 Å². The summed E-state index contributed by atoms with van der Waals surface area (Å²) in [4.78, 5) is 17.9. The number of halogens is 1. The summed E-state index contributed by atoms with van der Waals surface area (Å²) in [5, 5.41) is 6.46. The highest BCUT2D eigenvalue weighted by molar-refractivity contribution is 5.90. The van der Waals surface area contributed by atoms with Crippen molar-refractivity contribution in [3.8, 4) is 11.5 Å². The molecule has 39 heavy (non-hydrogen) atoms. The van der Waals surface area contributed by atoms with Crippen molar-refractivity contribution in [3.63, 3.8) is 0 Å². The molecule has 2 aliphatic rings. The Morgan fingerprint density at radius 1 is 0.949 bits per heavy atom. The van der Waals surface area contributed by atoms with Crippen LogP contribution in [0.15, 0.2) is 91.0 Å². The lowest BCUT2D eigenvalue weighted by Crippen LogP contribution is -2.45. The molecule has 0 radical (unpaired) electrons. The molecule has 0 aliphatic carbocycles. The number of rotatable bonds is 10. The number of anilines is 1. The van der Waals surface area contributed by atoms with Crippen LogP contribution in [0.1, 0.15) is 23.5 Å². The molecule has 0 bridgehead atoms. The Labute approximate surface area is 237 Å². The average molecular weight is 549 g/mol. The van der Waals surface area contributed by atoms with Crippen LogP contribution in [0.5, 0.6) is 11.5 Å².